The van der Waals surface area contributed by atoms with Gasteiger partial charge in [-0.1, -0.05) is 12.2 Å². The summed E-state index contributed by atoms with van der Waals surface area (Å²) in [5, 5.41) is 0. The highest BCUT2D eigenvalue weighted by molar-refractivity contribution is 5.10. The van der Waals surface area contributed by atoms with Gasteiger partial charge in [0.2, 0.25) is 0 Å². The fourth-order valence-corrected chi connectivity index (χ4v) is 4.45. The molecule has 3 fully saturated rings. The molecule has 3 heteroatoms. The van der Waals surface area contributed by atoms with Gasteiger partial charge < -0.3 is 9.47 Å². The molecule has 3 nitrogen and oxygen atoms in total. The van der Waals surface area contributed by atoms with Gasteiger partial charge in [0, 0.05) is 26.2 Å². The predicted octanol–water partition coefficient (Wildman–Crippen LogP) is 2.08. The standard InChI is InChI=1S/C16H25NO2/c1-2-15(18-6-1)16-11-17(5-7-19-16)10-14-9-12-3-4-13(14)8-12/h3-4,12-16H,1-2,5-11H2. The number of rotatable bonds is 3. The van der Waals surface area contributed by atoms with Gasteiger partial charge in [-0.3, -0.25) is 4.90 Å². The summed E-state index contributed by atoms with van der Waals surface area (Å²) in [5.74, 6) is 2.66. The maximum absolute atomic E-state index is 5.94. The lowest BCUT2D eigenvalue weighted by molar-refractivity contribution is -0.0969. The number of nitrogens with zero attached hydrogens (tertiary/aromatic N) is 1. The zero-order valence-electron chi connectivity index (χ0n) is 11.7. The van der Waals surface area contributed by atoms with Crippen molar-refractivity contribution >= 4 is 0 Å². The Bertz CT molecular complexity index is 351. The number of hydrogen-bond donors (Lipinski definition) is 0. The summed E-state index contributed by atoms with van der Waals surface area (Å²) in [6.45, 7) is 5.30. The lowest BCUT2D eigenvalue weighted by atomic mass is 9.92. The summed E-state index contributed by atoms with van der Waals surface area (Å²) in [6.07, 6.45) is 10.8. The molecule has 106 valence electrons. The smallest absolute Gasteiger partial charge is 0.0963 e. The second-order valence-electron chi connectivity index (χ2n) is 6.76. The highest BCUT2D eigenvalue weighted by Crippen LogP contribution is 2.43. The number of fused-ring (bicyclic) bond motifs is 2. The van der Waals surface area contributed by atoms with E-state index in [1.807, 2.05) is 0 Å². The van der Waals surface area contributed by atoms with E-state index in [9.17, 15) is 0 Å². The van der Waals surface area contributed by atoms with Crippen molar-refractivity contribution in [3.05, 3.63) is 12.2 Å². The Hall–Kier alpha value is -0.380. The highest BCUT2D eigenvalue weighted by Gasteiger charge is 2.38. The van der Waals surface area contributed by atoms with Crippen LogP contribution in [-0.2, 0) is 9.47 Å². The second kappa shape index (κ2) is 5.19. The zero-order valence-corrected chi connectivity index (χ0v) is 11.7. The van der Waals surface area contributed by atoms with Crippen LogP contribution in [0.5, 0.6) is 0 Å². The molecule has 0 spiro atoms. The third kappa shape index (κ3) is 2.48. The largest absolute Gasteiger partial charge is 0.375 e. The Morgan fingerprint density at radius 1 is 1.05 bits per heavy atom. The predicted molar refractivity (Wildman–Crippen MR) is 74.0 cm³/mol. The first-order chi connectivity index (χ1) is 9.38. The fraction of sp³-hybridized carbons (Fsp3) is 0.875. The van der Waals surface area contributed by atoms with E-state index < -0.39 is 0 Å². The van der Waals surface area contributed by atoms with Crippen molar-refractivity contribution in [1.29, 1.82) is 0 Å². The van der Waals surface area contributed by atoms with Gasteiger partial charge in [-0.25, -0.2) is 0 Å². The molecule has 2 heterocycles. The van der Waals surface area contributed by atoms with E-state index in [1.165, 1.54) is 32.2 Å². The van der Waals surface area contributed by atoms with Crippen molar-refractivity contribution in [1.82, 2.24) is 4.90 Å². The molecule has 0 aromatic rings. The molecule has 5 atom stereocenters. The van der Waals surface area contributed by atoms with E-state index >= 15 is 0 Å². The average Bonchev–Trinajstić information content (AvgIpc) is 3.17. The van der Waals surface area contributed by atoms with E-state index in [1.54, 1.807) is 0 Å². The summed E-state index contributed by atoms with van der Waals surface area (Å²) < 4.78 is 11.7. The Balaban J connectivity index is 1.32. The van der Waals surface area contributed by atoms with Crippen LogP contribution in [0.3, 0.4) is 0 Å². The lowest BCUT2D eigenvalue weighted by Gasteiger charge is -2.37. The first-order valence-electron chi connectivity index (χ1n) is 8.02. The maximum Gasteiger partial charge on any atom is 0.0963 e. The van der Waals surface area contributed by atoms with E-state index in [-0.39, 0.29) is 0 Å². The van der Waals surface area contributed by atoms with Gasteiger partial charge in [0.05, 0.1) is 18.8 Å². The minimum absolute atomic E-state index is 0.324. The molecule has 0 N–H and O–H groups in total. The van der Waals surface area contributed by atoms with Gasteiger partial charge in [0.25, 0.3) is 0 Å². The van der Waals surface area contributed by atoms with Crippen LogP contribution in [0.15, 0.2) is 12.2 Å². The minimum atomic E-state index is 0.324. The highest BCUT2D eigenvalue weighted by atomic mass is 16.5. The molecule has 2 bridgehead atoms. The van der Waals surface area contributed by atoms with Crippen molar-refractivity contribution in [2.75, 3.05) is 32.8 Å². The number of allylic oxidation sites excluding steroid dienone is 2. The van der Waals surface area contributed by atoms with Crippen LogP contribution in [0.25, 0.3) is 0 Å². The fourth-order valence-electron chi connectivity index (χ4n) is 4.45. The Labute approximate surface area is 115 Å². The molecular formula is C16H25NO2. The quantitative estimate of drug-likeness (QED) is 0.728. The number of morpholine rings is 1. The van der Waals surface area contributed by atoms with Crippen molar-refractivity contribution < 1.29 is 9.47 Å². The van der Waals surface area contributed by atoms with Crippen LogP contribution < -0.4 is 0 Å². The Morgan fingerprint density at radius 2 is 2.00 bits per heavy atom. The van der Waals surface area contributed by atoms with Gasteiger partial charge in [0.1, 0.15) is 0 Å². The van der Waals surface area contributed by atoms with Gasteiger partial charge in [-0.15, -0.1) is 0 Å². The molecule has 2 aliphatic heterocycles. The number of ether oxygens (including phenoxy) is 2. The molecule has 4 rings (SSSR count). The zero-order chi connectivity index (χ0) is 12.7. The second-order valence-corrected chi connectivity index (χ2v) is 6.76. The Kier molecular flexibility index (Phi) is 3.38. The molecule has 0 radical (unpaired) electrons. The molecular weight excluding hydrogens is 238 g/mol. The third-order valence-electron chi connectivity index (χ3n) is 5.47. The van der Waals surface area contributed by atoms with Crippen molar-refractivity contribution in [3.8, 4) is 0 Å². The molecule has 0 aromatic carbocycles. The first kappa shape index (κ1) is 12.4. The molecule has 2 saturated heterocycles. The van der Waals surface area contributed by atoms with E-state index in [0.717, 1.165) is 44.1 Å². The minimum Gasteiger partial charge on any atom is -0.375 e. The summed E-state index contributed by atoms with van der Waals surface area (Å²) in [6, 6.07) is 0. The normalized spacial score (nSPS) is 46.2. The lowest BCUT2D eigenvalue weighted by Crippen LogP contribution is -2.49. The van der Waals surface area contributed by atoms with Crippen LogP contribution in [0.4, 0.5) is 0 Å². The third-order valence-corrected chi connectivity index (χ3v) is 5.47. The topological polar surface area (TPSA) is 21.7 Å². The van der Waals surface area contributed by atoms with Crippen molar-refractivity contribution in [2.45, 2.75) is 37.9 Å². The van der Waals surface area contributed by atoms with Gasteiger partial charge in [0.15, 0.2) is 0 Å². The molecule has 4 aliphatic rings. The maximum atomic E-state index is 5.94. The summed E-state index contributed by atoms with van der Waals surface area (Å²) in [4.78, 5) is 2.63. The van der Waals surface area contributed by atoms with E-state index in [4.69, 9.17) is 9.47 Å². The Morgan fingerprint density at radius 3 is 2.74 bits per heavy atom. The number of hydrogen-bond acceptors (Lipinski definition) is 3. The van der Waals surface area contributed by atoms with Crippen LogP contribution >= 0.6 is 0 Å². The average molecular weight is 263 g/mol. The van der Waals surface area contributed by atoms with E-state index in [2.05, 4.69) is 17.1 Å². The molecule has 1 saturated carbocycles. The van der Waals surface area contributed by atoms with Gasteiger partial charge in [-0.2, -0.15) is 0 Å². The summed E-state index contributed by atoms with van der Waals surface area (Å²) >= 11 is 0. The van der Waals surface area contributed by atoms with Crippen molar-refractivity contribution in [2.24, 2.45) is 17.8 Å². The van der Waals surface area contributed by atoms with Gasteiger partial charge in [-0.05, 0) is 43.4 Å². The van der Waals surface area contributed by atoms with Crippen LogP contribution in [-0.4, -0.2) is 50.0 Å². The summed E-state index contributed by atoms with van der Waals surface area (Å²) in [7, 11) is 0. The first-order valence-corrected chi connectivity index (χ1v) is 8.02. The molecule has 2 aliphatic carbocycles. The molecule has 5 unspecified atom stereocenters. The summed E-state index contributed by atoms with van der Waals surface area (Å²) in [5.41, 5.74) is 0. The van der Waals surface area contributed by atoms with Crippen molar-refractivity contribution in [3.63, 3.8) is 0 Å². The molecule has 0 amide bonds. The van der Waals surface area contributed by atoms with Crippen LogP contribution in [0.1, 0.15) is 25.7 Å². The van der Waals surface area contributed by atoms with Crippen LogP contribution in [0, 0.1) is 17.8 Å². The van der Waals surface area contributed by atoms with Crippen LogP contribution in [0.2, 0.25) is 0 Å². The SMILES string of the molecule is C1=CC2CC1CC2CN1CCOC(C2CCCO2)C1. The van der Waals surface area contributed by atoms with Gasteiger partial charge >= 0.3 is 0 Å². The monoisotopic (exact) mass is 263 g/mol. The molecule has 0 aromatic heterocycles. The van der Waals surface area contributed by atoms with E-state index in [0.29, 0.717) is 12.2 Å². The molecule has 19 heavy (non-hydrogen) atoms.